The molecular weight excluding hydrogens is 422 g/mol. The van der Waals surface area contributed by atoms with E-state index in [1.165, 1.54) is 0 Å². The molecule has 1 aliphatic carbocycles. The lowest BCUT2D eigenvalue weighted by molar-refractivity contribution is 0.0714. The van der Waals surface area contributed by atoms with Crippen molar-refractivity contribution < 1.29 is 9.90 Å². The number of aryl methyl sites for hydroxylation is 1. The molecule has 32 heavy (non-hydrogen) atoms. The van der Waals surface area contributed by atoms with E-state index in [1.807, 2.05) is 24.0 Å². The van der Waals surface area contributed by atoms with E-state index in [0.29, 0.717) is 17.8 Å². The van der Waals surface area contributed by atoms with Gasteiger partial charge in [0, 0.05) is 23.4 Å². The van der Waals surface area contributed by atoms with Crippen molar-refractivity contribution >= 4 is 28.3 Å². The van der Waals surface area contributed by atoms with Crippen LogP contribution in [0.2, 0.25) is 0 Å². The van der Waals surface area contributed by atoms with Gasteiger partial charge >= 0.3 is 0 Å². The van der Waals surface area contributed by atoms with E-state index in [1.54, 1.807) is 22.2 Å². The number of rotatable bonds is 5. The minimum atomic E-state index is -0.496. The van der Waals surface area contributed by atoms with E-state index in [2.05, 4.69) is 44.6 Å². The number of benzene rings is 1. The third-order valence-electron chi connectivity index (χ3n) is 6.15. The third kappa shape index (κ3) is 4.16. The summed E-state index contributed by atoms with van der Waals surface area (Å²) in [7, 11) is 1.83. The monoisotopic (exact) mass is 447 g/mol. The number of amides is 1. The van der Waals surface area contributed by atoms with E-state index in [9.17, 15) is 9.90 Å². The summed E-state index contributed by atoms with van der Waals surface area (Å²) in [5.41, 5.74) is 7.06. The Bertz CT molecular complexity index is 1230. The Kier molecular flexibility index (Phi) is 5.71. The number of aromatic nitrogens is 4. The highest BCUT2D eigenvalue weighted by atomic mass is 32.1. The van der Waals surface area contributed by atoms with E-state index >= 15 is 0 Å². The zero-order chi connectivity index (χ0) is 22.1. The Hall–Kier alpha value is -3.10. The summed E-state index contributed by atoms with van der Waals surface area (Å²) in [6, 6.07) is 9.96. The maximum atomic E-state index is 13.0. The highest BCUT2D eigenvalue weighted by Crippen LogP contribution is 2.24. The highest BCUT2D eigenvalue weighted by molar-refractivity contribution is 7.07. The van der Waals surface area contributed by atoms with Crippen molar-refractivity contribution in [2.24, 2.45) is 7.05 Å². The number of hydrogen-bond acceptors (Lipinski definition) is 6. The fourth-order valence-corrected chi connectivity index (χ4v) is 4.89. The van der Waals surface area contributed by atoms with Gasteiger partial charge in [0.1, 0.15) is 5.69 Å². The van der Waals surface area contributed by atoms with Crippen molar-refractivity contribution in [1.29, 1.82) is 0 Å². The first-order valence-electron chi connectivity index (χ1n) is 10.9. The Morgan fingerprint density at radius 2 is 2.06 bits per heavy atom. The van der Waals surface area contributed by atoms with E-state index < -0.39 is 6.10 Å². The highest BCUT2D eigenvalue weighted by Gasteiger charge is 2.26. The largest absolute Gasteiger partial charge is 0.391 e. The first-order chi connectivity index (χ1) is 15.6. The van der Waals surface area contributed by atoms with Crippen LogP contribution < -0.4 is 5.32 Å². The molecule has 3 aromatic heterocycles. The van der Waals surface area contributed by atoms with Gasteiger partial charge < -0.3 is 10.4 Å². The Labute approximate surface area is 190 Å². The Morgan fingerprint density at radius 1 is 1.25 bits per heavy atom. The van der Waals surface area contributed by atoms with Crippen LogP contribution in [0.4, 0.5) is 0 Å². The summed E-state index contributed by atoms with van der Waals surface area (Å²) in [5, 5.41) is 20.5. The molecule has 0 radical (unpaired) electrons. The molecule has 1 fully saturated rings. The quantitative estimate of drug-likeness (QED) is 0.486. The van der Waals surface area contributed by atoms with Crippen LogP contribution in [0.15, 0.2) is 47.4 Å². The molecule has 0 saturated heterocycles. The molecular formula is C24H25N5O2S. The maximum Gasteiger partial charge on any atom is 0.270 e. The number of nitrogens with zero attached hydrogens (tertiary/aromatic N) is 4. The molecule has 0 spiro atoms. The minimum absolute atomic E-state index is 0.220. The van der Waals surface area contributed by atoms with Gasteiger partial charge in [-0.05, 0) is 36.5 Å². The van der Waals surface area contributed by atoms with Crippen LogP contribution in [-0.2, 0) is 13.5 Å². The molecule has 3 heterocycles. The van der Waals surface area contributed by atoms with Crippen LogP contribution in [0.5, 0.6) is 0 Å². The maximum absolute atomic E-state index is 13.0. The molecule has 1 amide bonds. The van der Waals surface area contributed by atoms with Crippen molar-refractivity contribution in [3.05, 3.63) is 64.2 Å². The zero-order valence-electron chi connectivity index (χ0n) is 17.9. The number of thiazole rings is 1. The van der Waals surface area contributed by atoms with E-state index in [-0.39, 0.29) is 11.9 Å². The standard InChI is InChI=1S/C24H25N5O2S/c1-29-23-18(12-26-29)17(10-15-6-8-16(9-7-15)21-13-32-14-25-21)11-20(27-23)24(31)28-19-4-2-3-5-22(19)30/h6-9,11-14,19,22,30H,2-5,10H2,1H3,(H,28,31)/t19-,22-/m0/s1. The molecule has 5 rings (SSSR count). The molecule has 0 unspecified atom stereocenters. The van der Waals surface area contributed by atoms with Gasteiger partial charge in [-0.3, -0.25) is 9.48 Å². The number of fused-ring (bicyclic) bond motifs is 1. The molecule has 1 aromatic carbocycles. The lowest BCUT2D eigenvalue weighted by Crippen LogP contribution is -2.45. The number of aliphatic hydroxyl groups is 1. The fourth-order valence-electron chi connectivity index (χ4n) is 4.33. The molecule has 7 nitrogen and oxygen atoms in total. The van der Waals surface area contributed by atoms with Gasteiger partial charge in [0.15, 0.2) is 5.65 Å². The summed E-state index contributed by atoms with van der Waals surface area (Å²) in [6.07, 6.45) is 5.49. The summed E-state index contributed by atoms with van der Waals surface area (Å²) in [6.45, 7) is 0. The van der Waals surface area contributed by atoms with Gasteiger partial charge in [-0.25, -0.2) is 9.97 Å². The average Bonchev–Trinajstić information content (AvgIpc) is 3.47. The van der Waals surface area contributed by atoms with Crippen LogP contribution in [0.1, 0.15) is 47.3 Å². The lowest BCUT2D eigenvalue weighted by Gasteiger charge is -2.28. The Balaban J connectivity index is 1.43. The van der Waals surface area contributed by atoms with Gasteiger partial charge in [-0.1, -0.05) is 37.1 Å². The SMILES string of the molecule is Cn1ncc2c(Cc3ccc(-c4cscn4)cc3)cc(C(=O)N[C@H]3CCCC[C@@H]3O)nc21. The number of hydrogen-bond donors (Lipinski definition) is 2. The molecule has 2 N–H and O–H groups in total. The van der Waals surface area contributed by atoms with Gasteiger partial charge in [0.2, 0.25) is 0 Å². The van der Waals surface area contributed by atoms with Crippen LogP contribution in [0, 0.1) is 0 Å². The predicted octanol–water partition coefficient (Wildman–Crippen LogP) is 3.72. The van der Waals surface area contributed by atoms with Crippen molar-refractivity contribution in [2.45, 2.75) is 44.2 Å². The summed E-state index contributed by atoms with van der Waals surface area (Å²) >= 11 is 1.58. The number of carbonyl (C=O) groups is 1. The normalized spacial score (nSPS) is 18.7. The topological polar surface area (TPSA) is 92.9 Å². The van der Waals surface area contributed by atoms with Gasteiger partial charge in [-0.15, -0.1) is 11.3 Å². The second-order valence-corrected chi connectivity index (χ2v) is 9.07. The summed E-state index contributed by atoms with van der Waals surface area (Å²) < 4.78 is 1.69. The van der Waals surface area contributed by atoms with E-state index in [0.717, 1.165) is 53.5 Å². The van der Waals surface area contributed by atoms with Gasteiger partial charge in [0.05, 0.1) is 29.5 Å². The molecule has 8 heteroatoms. The molecule has 1 aliphatic rings. The Morgan fingerprint density at radius 3 is 2.81 bits per heavy atom. The predicted molar refractivity (Wildman–Crippen MR) is 125 cm³/mol. The van der Waals surface area contributed by atoms with Gasteiger partial charge in [-0.2, -0.15) is 5.10 Å². The van der Waals surface area contributed by atoms with Crippen LogP contribution in [-0.4, -0.2) is 42.9 Å². The number of nitrogens with one attached hydrogen (secondary N) is 1. The summed E-state index contributed by atoms with van der Waals surface area (Å²) in [5.74, 6) is -0.251. The zero-order valence-corrected chi connectivity index (χ0v) is 18.7. The molecule has 164 valence electrons. The van der Waals surface area contributed by atoms with Crippen molar-refractivity contribution in [3.8, 4) is 11.3 Å². The van der Waals surface area contributed by atoms with E-state index in [4.69, 9.17) is 0 Å². The average molecular weight is 448 g/mol. The van der Waals surface area contributed by atoms with Crippen LogP contribution in [0.25, 0.3) is 22.3 Å². The molecule has 1 saturated carbocycles. The van der Waals surface area contributed by atoms with Crippen molar-refractivity contribution in [1.82, 2.24) is 25.1 Å². The first-order valence-corrected chi connectivity index (χ1v) is 11.8. The van der Waals surface area contributed by atoms with Crippen molar-refractivity contribution in [3.63, 3.8) is 0 Å². The molecule has 0 bridgehead atoms. The van der Waals surface area contributed by atoms with Crippen LogP contribution >= 0.6 is 11.3 Å². The summed E-state index contributed by atoms with van der Waals surface area (Å²) in [4.78, 5) is 21.9. The number of aliphatic hydroxyl groups excluding tert-OH is 1. The fraction of sp³-hybridized carbons (Fsp3) is 0.333. The lowest BCUT2D eigenvalue weighted by atomic mass is 9.92. The second kappa shape index (κ2) is 8.80. The molecule has 2 atom stereocenters. The third-order valence-corrected chi connectivity index (χ3v) is 6.73. The number of pyridine rings is 1. The molecule has 4 aromatic rings. The van der Waals surface area contributed by atoms with Gasteiger partial charge in [0.25, 0.3) is 5.91 Å². The second-order valence-electron chi connectivity index (χ2n) is 8.35. The minimum Gasteiger partial charge on any atom is -0.391 e. The van der Waals surface area contributed by atoms with Crippen molar-refractivity contribution in [2.75, 3.05) is 0 Å². The van der Waals surface area contributed by atoms with Crippen LogP contribution in [0.3, 0.4) is 0 Å². The number of carbonyl (C=O) groups excluding carboxylic acids is 1. The first kappa shape index (κ1) is 20.8. The smallest absolute Gasteiger partial charge is 0.270 e. The molecule has 0 aliphatic heterocycles.